The molecule has 1 aliphatic heterocycles. The molecule has 1 saturated heterocycles. The van der Waals surface area contributed by atoms with Gasteiger partial charge < -0.3 is 24.6 Å². The number of aryl methyl sites for hydroxylation is 1. The van der Waals surface area contributed by atoms with Crippen LogP contribution in [-0.4, -0.2) is 52.9 Å². The molecule has 0 aliphatic carbocycles. The zero-order chi connectivity index (χ0) is 19.9. The summed E-state index contributed by atoms with van der Waals surface area (Å²) in [7, 11) is 3.34. The normalized spacial score (nSPS) is 19.1. The number of rotatable bonds is 7. The molecule has 0 radical (unpaired) electrons. The van der Waals surface area contributed by atoms with Gasteiger partial charge in [0.15, 0.2) is 6.54 Å². The Morgan fingerprint density at radius 1 is 0.964 bits per heavy atom. The molecule has 3 rings (SSSR count). The number of carbonyl (C=O) groups is 1. The van der Waals surface area contributed by atoms with E-state index in [0.717, 1.165) is 44.2 Å². The maximum absolute atomic E-state index is 12.4. The van der Waals surface area contributed by atoms with Crippen LogP contribution in [0.4, 0.5) is 5.69 Å². The van der Waals surface area contributed by atoms with Crippen molar-refractivity contribution in [3.8, 4) is 11.5 Å². The Morgan fingerprint density at radius 2 is 1.64 bits per heavy atom. The Balaban J connectivity index is 1.49. The predicted octanol–water partition coefficient (Wildman–Crippen LogP) is -0.0657. The number of para-hydroxylation sites is 2. The Morgan fingerprint density at radius 3 is 2.36 bits per heavy atom. The fourth-order valence-electron chi connectivity index (χ4n) is 3.79. The molecule has 1 amide bonds. The molecule has 2 aromatic rings. The fourth-order valence-corrected chi connectivity index (χ4v) is 3.79. The molecule has 1 heterocycles. The number of hydrogen-bond donors (Lipinski definition) is 3. The van der Waals surface area contributed by atoms with Crippen molar-refractivity contribution in [3.63, 3.8) is 0 Å². The highest BCUT2D eigenvalue weighted by Crippen LogP contribution is 2.22. The van der Waals surface area contributed by atoms with Crippen molar-refractivity contribution in [2.24, 2.45) is 0 Å². The van der Waals surface area contributed by atoms with E-state index in [1.807, 2.05) is 30.3 Å². The summed E-state index contributed by atoms with van der Waals surface area (Å²) < 4.78 is 10.8. The first-order chi connectivity index (χ1) is 13.6. The van der Waals surface area contributed by atoms with E-state index in [0.29, 0.717) is 12.3 Å². The third kappa shape index (κ3) is 5.24. The third-order valence-corrected chi connectivity index (χ3v) is 5.33. The molecule has 28 heavy (non-hydrogen) atoms. The van der Waals surface area contributed by atoms with Crippen LogP contribution in [0.15, 0.2) is 42.5 Å². The van der Waals surface area contributed by atoms with Crippen molar-refractivity contribution in [1.29, 1.82) is 0 Å². The first-order valence-corrected chi connectivity index (χ1v) is 9.82. The zero-order valence-electron chi connectivity index (χ0n) is 17.0. The lowest BCUT2D eigenvalue weighted by Gasteiger charge is -2.29. The fraction of sp³-hybridized carbons (Fsp3) is 0.409. The van der Waals surface area contributed by atoms with E-state index in [4.69, 9.17) is 9.47 Å². The third-order valence-electron chi connectivity index (χ3n) is 5.33. The zero-order valence-corrected chi connectivity index (χ0v) is 17.0. The van der Waals surface area contributed by atoms with E-state index >= 15 is 0 Å². The molecule has 0 bridgehead atoms. The van der Waals surface area contributed by atoms with Crippen LogP contribution in [0.1, 0.15) is 11.1 Å². The second-order valence-corrected chi connectivity index (χ2v) is 7.42. The standard InChI is InChI=1S/C22H29N3O3/c1-17-8-9-20(27-2)18(14-17)15-24-10-12-25(13-11-24)16-22(26)23-19-6-4-5-7-21(19)28-3/h4-9,14H,10-13,15-16H2,1-3H3,(H,23,26)/p+2. The SMILES string of the molecule is COc1ccc(C)cc1C[NH+]1CC[NH+](CC(=O)Nc2ccccc2OC)CC1. The van der Waals surface area contributed by atoms with Gasteiger partial charge in [-0.1, -0.05) is 23.8 Å². The lowest BCUT2D eigenvalue weighted by molar-refractivity contribution is -1.02. The number of benzene rings is 2. The average molecular weight is 386 g/mol. The van der Waals surface area contributed by atoms with Crippen LogP contribution in [0.5, 0.6) is 11.5 Å². The van der Waals surface area contributed by atoms with Gasteiger partial charge in [0, 0.05) is 5.56 Å². The second-order valence-electron chi connectivity index (χ2n) is 7.42. The average Bonchev–Trinajstić information content (AvgIpc) is 2.70. The number of ether oxygens (including phenoxy) is 2. The molecule has 0 saturated carbocycles. The number of carbonyl (C=O) groups excluding carboxylic acids is 1. The van der Waals surface area contributed by atoms with Gasteiger partial charge in [0.25, 0.3) is 5.91 Å². The summed E-state index contributed by atoms with van der Waals surface area (Å²) in [6.07, 6.45) is 0. The maximum Gasteiger partial charge on any atom is 0.279 e. The summed E-state index contributed by atoms with van der Waals surface area (Å²) in [5, 5.41) is 2.97. The summed E-state index contributed by atoms with van der Waals surface area (Å²) in [6.45, 7) is 7.64. The van der Waals surface area contributed by atoms with Gasteiger partial charge in [-0.2, -0.15) is 0 Å². The minimum atomic E-state index is 0.0308. The lowest BCUT2D eigenvalue weighted by Crippen LogP contribution is -3.28. The summed E-state index contributed by atoms with van der Waals surface area (Å²) in [4.78, 5) is 15.3. The van der Waals surface area contributed by atoms with Gasteiger partial charge in [-0.25, -0.2) is 0 Å². The molecular weight excluding hydrogens is 354 g/mol. The van der Waals surface area contributed by atoms with Crippen LogP contribution < -0.4 is 24.6 Å². The molecule has 0 spiro atoms. The van der Waals surface area contributed by atoms with E-state index in [1.54, 1.807) is 14.2 Å². The summed E-state index contributed by atoms with van der Waals surface area (Å²) in [6, 6.07) is 13.9. The quantitative estimate of drug-likeness (QED) is 0.626. The smallest absolute Gasteiger partial charge is 0.279 e. The van der Waals surface area contributed by atoms with E-state index in [9.17, 15) is 4.79 Å². The highest BCUT2D eigenvalue weighted by atomic mass is 16.5. The minimum absolute atomic E-state index is 0.0308. The molecule has 150 valence electrons. The molecule has 0 aromatic heterocycles. The Bertz CT molecular complexity index is 801. The Hall–Kier alpha value is -2.57. The van der Waals surface area contributed by atoms with Crippen LogP contribution in [0.3, 0.4) is 0 Å². The van der Waals surface area contributed by atoms with Gasteiger partial charge >= 0.3 is 0 Å². The first-order valence-electron chi connectivity index (χ1n) is 9.82. The topological polar surface area (TPSA) is 56.4 Å². The number of hydrogen-bond acceptors (Lipinski definition) is 3. The largest absolute Gasteiger partial charge is 0.496 e. The number of piperazine rings is 1. The van der Waals surface area contributed by atoms with Gasteiger partial charge in [0.1, 0.15) is 44.2 Å². The van der Waals surface area contributed by atoms with Crippen LogP contribution in [0.2, 0.25) is 0 Å². The molecule has 3 N–H and O–H groups in total. The first kappa shape index (κ1) is 20.2. The van der Waals surface area contributed by atoms with Gasteiger partial charge in [0.2, 0.25) is 0 Å². The van der Waals surface area contributed by atoms with Gasteiger partial charge in [-0.15, -0.1) is 0 Å². The lowest BCUT2D eigenvalue weighted by atomic mass is 10.1. The highest BCUT2D eigenvalue weighted by molar-refractivity contribution is 5.92. The molecule has 2 aromatic carbocycles. The number of anilines is 1. The highest BCUT2D eigenvalue weighted by Gasteiger charge is 2.26. The summed E-state index contributed by atoms with van der Waals surface area (Å²) in [5.74, 6) is 1.68. The summed E-state index contributed by atoms with van der Waals surface area (Å²) >= 11 is 0. The number of quaternary nitrogens is 2. The molecule has 0 unspecified atom stereocenters. The van der Waals surface area contributed by atoms with Crippen LogP contribution in [0.25, 0.3) is 0 Å². The van der Waals surface area contributed by atoms with E-state index in [-0.39, 0.29) is 5.91 Å². The molecule has 1 aliphatic rings. The molecule has 0 atom stereocenters. The molecule has 6 nitrogen and oxygen atoms in total. The van der Waals surface area contributed by atoms with Gasteiger partial charge in [-0.05, 0) is 31.2 Å². The summed E-state index contributed by atoms with van der Waals surface area (Å²) in [5.41, 5.74) is 3.24. The predicted molar refractivity (Wildman–Crippen MR) is 109 cm³/mol. The number of methoxy groups -OCH3 is 2. The van der Waals surface area contributed by atoms with Crippen molar-refractivity contribution in [2.45, 2.75) is 13.5 Å². The monoisotopic (exact) mass is 385 g/mol. The molecule has 1 fully saturated rings. The van der Waals surface area contributed by atoms with Crippen molar-refractivity contribution >= 4 is 11.6 Å². The van der Waals surface area contributed by atoms with Gasteiger partial charge in [-0.3, -0.25) is 4.79 Å². The van der Waals surface area contributed by atoms with Crippen molar-refractivity contribution < 1.29 is 24.1 Å². The van der Waals surface area contributed by atoms with E-state index in [2.05, 4.69) is 24.4 Å². The van der Waals surface area contributed by atoms with Crippen LogP contribution >= 0.6 is 0 Å². The molecular formula is C22H31N3O3+2. The Labute approximate surface area is 167 Å². The van der Waals surface area contributed by atoms with Crippen LogP contribution in [0, 0.1) is 6.92 Å². The number of amides is 1. The number of nitrogens with one attached hydrogen (secondary N) is 3. The van der Waals surface area contributed by atoms with Gasteiger partial charge in [0.05, 0.1) is 19.9 Å². The molecule has 6 heteroatoms. The van der Waals surface area contributed by atoms with E-state index in [1.165, 1.54) is 20.9 Å². The van der Waals surface area contributed by atoms with Crippen molar-refractivity contribution in [3.05, 3.63) is 53.6 Å². The van der Waals surface area contributed by atoms with E-state index < -0.39 is 0 Å². The maximum atomic E-state index is 12.4. The van der Waals surface area contributed by atoms with Crippen molar-refractivity contribution in [1.82, 2.24) is 0 Å². The van der Waals surface area contributed by atoms with Crippen molar-refractivity contribution in [2.75, 3.05) is 52.3 Å². The Kier molecular flexibility index (Phi) is 6.90. The second kappa shape index (κ2) is 9.57. The van der Waals surface area contributed by atoms with Crippen LogP contribution in [-0.2, 0) is 11.3 Å². The minimum Gasteiger partial charge on any atom is -0.496 e.